The van der Waals surface area contributed by atoms with Crippen molar-refractivity contribution in [2.45, 2.75) is 13.1 Å². The first-order valence-corrected chi connectivity index (χ1v) is 7.05. The molecule has 0 saturated carbocycles. The number of hydrogen-bond donors (Lipinski definition) is 2. The lowest BCUT2D eigenvalue weighted by Gasteiger charge is -2.31. The summed E-state index contributed by atoms with van der Waals surface area (Å²) in [4.78, 5) is 0.802. The Morgan fingerprint density at radius 1 is 0.850 bits per heavy atom. The highest BCUT2D eigenvalue weighted by Crippen LogP contribution is 2.25. The Balaban J connectivity index is 1.98. The molecule has 0 aliphatic carbocycles. The van der Waals surface area contributed by atoms with E-state index in [4.69, 9.17) is 12.2 Å². The molecule has 0 radical (unpaired) electrons. The van der Waals surface area contributed by atoms with Crippen molar-refractivity contribution in [2.75, 3.05) is 0 Å². The van der Waals surface area contributed by atoms with Gasteiger partial charge >= 0.3 is 0 Å². The van der Waals surface area contributed by atoms with E-state index in [1.807, 2.05) is 43.3 Å². The summed E-state index contributed by atoms with van der Waals surface area (Å²) in [5.41, 5.74) is 4.52. The lowest BCUT2D eigenvalue weighted by Crippen LogP contribution is -2.42. The van der Waals surface area contributed by atoms with Crippen LogP contribution >= 0.6 is 12.2 Å². The minimum absolute atomic E-state index is 0.0163. The summed E-state index contributed by atoms with van der Waals surface area (Å²) in [6.45, 7) is 2.05. The molecule has 1 aliphatic heterocycles. The average molecular weight is 280 g/mol. The van der Waals surface area contributed by atoms with Crippen LogP contribution in [0.2, 0.25) is 0 Å². The second-order valence-corrected chi connectivity index (χ2v) is 5.24. The van der Waals surface area contributed by atoms with Crippen molar-refractivity contribution in [3.05, 3.63) is 77.4 Å². The van der Waals surface area contributed by atoms with E-state index in [0.717, 1.165) is 21.8 Å². The smallest absolute Gasteiger partial charge is 0.124 e. The van der Waals surface area contributed by atoms with E-state index in [0.29, 0.717) is 0 Å². The van der Waals surface area contributed by atoms with E-state index < -0.39 is 0 Å². The largest absolute Gasteiger partial charge is 0.361 e. The van der Waals surface area contributed by atoms with Gasteiger partial charge in [-0.2, -0.15) is 0 Å². The van der Waals surface area contributed by atoms with Crippen LogP contribution in [0, 0.1) is 0 Å². The van der Waals surface area contributed by atoms with E-state index in [1.54, 1.807) is 0 Å². The summed E-state index contributed by atoms with van der Waals surface area (Å²) < 4.78 is 0. The van der Waals surface area contributed by atoms with Gasteiger partial charge in [0.1, 0.15) is 11.2 Å². The van der Waals surface area contributed by atoms with Gasteiger partial charge in [-0.1, -0.05) is 72.9 Å². The zero-order valence-corrected chi connectivity index (χ0v) is 12.1. The summed E-state index contributed by atoms with van der Waals surface area (Å²) in [7, 11) is 0. The number of rotatable bonds is 2. The van der Waals surface area contributed by atoms with Gasteiger partial charge < -0.3 is 10.6 Å². The standard InChI is InChI=1S/C17H16N2S/c1-12-15(13-8-4-2-5-9-13)18-16(19-17(12)20)14-10-6-3-7-11-14/h2-11,16,18H,1H3,(H,19,20). The molecule has 1 unspecified atom stereocenters. The molecule has 0 spiro atoms. The van der Waals surface area contributed by atoms with Crippen LogP contribution in [0.5, 0.6) is 0 Å². The Kier molecular flexibility index (Phi) is 3.52. The molecule has 1 aliphatic rings. The fourth-order valence-corrected chi connectivity index (χ4v) is 2.58. The molecule has 20 heavy (non-hydrogen) atoms. The Morgan fingerprint density at radius 3 is 2.10 bits per heavy atom. The minimum atomic E-state index is 0.0163. The summed E-state index contributed by atoms with van der Waals surface area (Å²) in [5.74, 6) is 0. The zero-order chi connectivity index (χ0) is 13.9. The van der Waals surface area contributed by atoms with Crippen LogP contribution in [0.3, 0.4) is 0 Å². The first-order chi connectivity index (χ1) is 9.75. The third-order valence-electron chi connectivity index (χ3n) is 3.48. The Bertz CT molecular complexity index is 647. The van der Waals surface area contributed by atoms with E-state index in [2.05, 4.69) is 34.9 Å². The van der Waals surface area contributed by atoms with E-state index >= 15 is 0 Å². The Morgan fingerprint density at radius 2 is 1.45 bits per heavy atom. The van der Waals surface area contributed by atoms with E-state index in [-0.39, 0.29) is 6.17 Å². The van der Waals surface area contributed by atoms with Crippen LogP contribution in [-0.4, -0.2) is 4.99 Å². The third-order valence-corrected chi connectivity index (χ3v) is 3.90. The van der Waals surface area contributed by atoms with Gasteiger partial charge in [-0.15, -0.1) is 0 Å². The molecule has 0 aromatic heterocycles. The van der Waals surface area contributed by atoms with Gasteiger partial charge in [0, 0.05) is 11.3 Å². The topological polar surface area (TPSA) is 24.1 Å². The van der Waals surface area contributed by atoms with Gasteiger partial charge in [0.15, 0.2) is 0 Å². The molecule has 2 nitrogen and oxygen atoms in total. The number of nitrogens with one attached hydrogen (secondary N) is 2. The number of thiocarbonyl (C=S) groups is 1. The second kappa shape index (κ2) is 5.47. The van der Waals surface area contributed by atoms with Crippen LogP contribution in [-0.2, 0) is 0 Å². The van der Waals surface area contributed by atoms with Gasteiger partial charge in [0.25, 0.3) is 0 Å². The lowest BCUT2D eigenvalue weighted by molar-refractivity contribution is 0.588. The molecule has 3 rings (SSSR count). The highest BCUT2D eigenvalue weighted by atomic mass is 32.1. The first-order valence-electron chi connectivity index (χ1n) is 6.64. The van der Waals surface area contributed by atoms with Crippen molar-refractivity contribution in [3.63, 3.8) is 0 Å². The highest BCUT2D eigenvalue weighted by molar-refractivity contribution is 7.80. The first kappa shape index (κ1) is 12.9. The summed E-state index contributed by atoms with van der Waals surface area (Å²) in [6.07, 6.45) is 0.0163. The molecule has 2 aromatic carbocycles. The number of benzene rings is 2. The molecule has 0 bridgehead atoms. The molecule has 2 aromatic rings. The molecule has 0 amide bonds. The lowest BCUT2D eigenvalue weighted by atomic mass is 10.0. The summed E-state index contributed by atoms with van der Waals surface area (Å²) >= 11 is 5.47. The maximum Gasteiger partial charge on any atom is 0.124 e. The number of hydrogen-bond acceptors (Lipinski definition) is 2. The summed E-state index contributed by atoms with van der Waals surface area (Å²) in [6, 6.07) is 20.6. The van der Waals surface area contributed by atoms with Gasteiger partial charge in [0.2, 0.25) is 0 Å². The van der Waals surface area contributed by atoms with Gasteiger partial charge in [0.05, 0.1) is 0 Å². The quantitative estimate of drug-likeness (QED) is 0.821. The molecular formula is C17H16N2S. The molecule has 0 fully saturated rings. The SMILES string of the molecule is CC1=C(c2ccccc2)NC(c2ccccc2)NC1=S. The fraction of sp³-hybridized carbons (Fsp3) is 0.118. The van der Waals surface area contributed by atoms with Crippen LogP contribution in [0.4, 0.5) is 0 Å². The predicted octanol–water partition coefficient (Wildman–Crippen LogP) is 3.64. The van der Waals surface area contributed by atoms with E-state index in [1.165, 1.54) is 5.56 Å². The van der Waals surface area contributed by atoms with E-state index in [9.17, 15) is 0 Å². The Labute approximate surface area is 124 Å². The normalized spacial score (nSPS) is 18.4. The van der Waals surface area contributed by atoms with Gasteiger partial charge in [-0.25, -0.2) is 0 Å². The zero-order valence-electron chi connectivity index (χ0n) is 11.3. The second-order valence-electron chi connectivity index (χ2n) is 4.83. The van der Waals surface area contributed by atoms with Crippen molar-refractivity contribution in [2.24, 2.45) is 0 Å². The summed E-state index contributed by atoms with van der Waals surface area (Å²) in [5, 5.41) is 6.89. The Hall–Kier alpha value is -2.13. The minimum Gasteiger partial charge on any atom is -0.361 e. The van der Waals surface area contributed by atoms with Crippen LogP contribution < -0.4 is 10.6 Å². The predicted molar refractivity (Wildman–Crippen MR) is 87.1 cm³/mol. The molecule has 0 saturated heterocycles. The molecule has 2 N–H and O–H groups in total. The van der Waals surface area contributed by atoms with Crippen molar-refractivity contribution in [1.29, 1.82) is 0 Å². The van der Waals surface area contributed by atoms with Crippen LogP contribution in [0.15, 0.2) is 66.2 Å². The maximum atomic E-state index is 5.47. The molecule has 1 atom stereocenters. The molecule has 3 heteroatoms. The average Bonchev–Trinajstić information content (AvgIpc) is 2.51. The van der Waals surface area contributed by atoms with Crippen molar-refractivity contribution in [3.8, 4) is 0 Å². The van der Waals surface area contributed by atoms with Crippen molar-refractivity contribution in [1.82, 2.24) is 10.6 Å². The third kappa shape index (κ3) is 2.45. The molecule has 100 valence electrons. The van der Waals surface area contributed by atoms with Gasteiger partial charge in [-0.3, -0.25) is 0 Å². The molecule has 1 heterocycles. The monoisotopic (exact) mass is 280 g/mol. The highest BCUT2D eigenvalue weighted by Gasteiger charge is 2.22. The fourth-order valence-electron chi connectivity index (χ4n) is 2.36. The molecular weight excluding hydrogens is 264 g/mol. The van der Waals surface area contributed by atoms with Crippen molar-refractivity contribution >= 4 is 22.9 Å². The van der Waals surface area contributed by atoms with Crippen molar-refractivity contribution < 1.29 is 0 Å². The maximum absolute atomic E-state index is 5.47. The van der Waals surface area contributed by atoms with Crippen LogP contribution in [0.1, 0.15) is 24.2 Å². The van der Waals surface area contributed by atoms with Gasteiger partial charge in [-0.05, 0) is 18.1 Å². The van der Waals surface area contributed by atoms with Crippen LogP contribution in [0.25, 0.3) is 5.70 Å².